The molecule has 1 aromatic rings. The maximum absolute atomic E-state index is 12.6. The normalized spacial score (nSPS) is 22.3. The van der Waals surface area contributed by atoms with Crippen molar-refractivity contribution in [3.05, 3.63) is 29.8 Å². The van der Waals surface area contributed by atoms with Crippen molar-refractivity contribution >= 4 is 17.7 Å². The zero-order valence-corrected chi connectivity index (χ0v) is 12.1. The molecule has 5 heteroatoms. The van der Waals surface area contributed by atoms with E-state index in [1.54, 1.807) is 0 Å². The van der Waals surface area contributed by atoms with Crippen LogP contribution in [0.3, 0.4) is 0 Å². The zero-order chi connectivity index (χ0) is 15.0. The van der Waals surface area contributed by atoms with Crippen molar-refractivity contribution in [2.75, 3.05) is 4.90 Å². The number of hydrogen-bond donors (Lipinski definition) is 2. The number of anilines is 1. The van der Waals surface area contributed by atoms with Crippen molar-refractivity contribution in [3.8, 4) is 0 Å². The molecule has 0 aromatic heterocycles. The molecule has 21 heavy (non-hydrogen) atoms. The van der Waals surface area contributed by atoms with Crippen molar-refractivity contribution in [1.82, 2.24) is 5.32 Å². The standard InChI is InChI=1S/C16H20N2O3/c1-2-16(8-5-9-16)17-15(21)18-12-7-4-3-6-11(12)10-13(18)14(19)20/h3-4,6-7,13H,2,5,8-10H2,1H3,(H,17,21)(H,19,20). The molecule has 0 radical (unpaired) electrons. The highest BCUT2D eigenvalue weighted by molar-refractivity contribution is 6.01. The largest absolute Gasteiger partial charge is 0.480 e. The Hall–Kier alpha value is -2.04. The summed E-state index contributed by atoms with van der Waals surface area (Å²) in [5.74, 6) is -0.958. The van der Waals surface area contributed by atoms with Crippen molar-refractivity contribution in [1.29, 1.82) is 0 Å². The van der Waals surface area contributed by atoms with Crippen LogP contribution >= 0.6 is 0 Å². The topological polar surface area (TPSA) is 69.6 Å². The number of carbonyl (C=O) groups is 2. The third-order valence-corrected chi connectivity index (χ3v) is 4.84. The van der Waals surface area contributed by atoms with Gasteiger partial charge in [-0.3, -0.25) is 4.90 Å². The fourth-order valence-corrected chi connectivity index (χ4v) is 3.29. The number of aliphatic carboxylic acids is 1. The predicted molar refractivity (Wildman–Crippen MR) is 79.5 cm³/mol. The molecule has 1 heterocycles. The minimum absolute atomic E-state index is 0.141. The number of carboxylic acids is 1. The van der Waals surface area contributed by atoms with E-state index in [-0.39, 0.29) is 11.6 Å². The van der Waals surface area contributed by atoms with Gasteiger partial charge in [-0.15, -0.1) is 0 Å². The highest BCUT2D eigenvalue weighted by Gasteiger charge is 2.43. The fourth-order valence-electron chi connectivity index (χ4n) is 3.29. The Kier molecular flexibility index (Phi) is 3.35. The first kappa shape index (κ1) is 13.9. The highest BCUT2D eigenvalue weighted by Crippen LogP contribution is 2.37. The van der Waals surface area contributed by atoms with Gasteiger partial charge in [0.25, 0.3) is 0 Å². The molecule has 1 aliphatic carbocycles. The predicted octanol–water partition coefficient (Wildman–Crippen LogP) is 2.54. The molecule has 2 aliphatic rings. The number of fused-ring (bicyclic) bond motifs is 1. The first-order chi connectivity index (χ1) is 10.1. The Balaban J connectivity index is 1.87. The lowest BCUT2D eigenvalue weighted by molar-refractivity contribution is -0.138. The molecule has 1 atom stereocenters. The van der Waals surface area contributed by atoms with Gasteiger partial charge in [-0.25, -0.2) is 9.59 Å². The number of nitrogens with zero attached hydrogens (tertiary/aromatic N) is 1. The van der Waals surface area contributed by atoms with Crippen LogP contribution in [0.4, 0.5) is 10.5 Å². The van der Waals surface area contributed by atoms with E-state index < -0.39 is 12.0 Å². The summed E-state index contributed by atoms with van der Waals surface area (Å²) in [6.07, 6.45) is 4.32. The van der Waals surface area contributed by atoms with Crippen LogP contribution in [0.15, 0.2) is 24.3 Å². The fraction of sp³-hybridized carbons (Fsp3) is 0.500. The summed E-state index contributed by atoms with van der Waals surface area (Å²) in [6, 6.07) is 6.32. The van der Waals surface area contributed by atoms with Crippen molar-refractivity contribution in [2.45, 2.75) is 50.6 Å². The summed E-state index contributed by atoms with van der Waals surface area (Å²) in [6.45, 7) is 2.06. The van der Waals surface area contributed by atoms with E-state index >= 15 is 0 Å². The van der Waals surface area contributed by atoms with Crippen LogP contribution in [-0.4, -0.2) is 28.7 Å². The Morgan fingerprint density at radius 1 is 1.38 bits per heavy atom. The summed E-state index contributed by atoms with van der Waals surface area (Å²) in [7, 11) is 0. The summed E-state index contributed by atoms with van der Waals surface area (Å²) >= 11 is 0. The van der Waals surface area contributed by atoms with Gasteiger partial charge < -0.3 is 10.4 Å². The van der Waals surface area contributed by atoms with Crippen molar-refractivity contribution < 1.29 is 14.7 Å². The molecule has 1 fully saturated rings. The summed E-state index contributed by atoms with van der Waals surface area (Å²) in [5.41, 5.74) is 1.49. The Labute approximate surface area is 123 Å². The number of urea groups is 1. The molecule has 0 saturated heterocycles. The zero-order valence-electron chi connectivity index (χ0n) is 12.1. The smallest absolute Gasteiger partial charge is 0.327 e. The van der Waals surface area contributed by atoms with E-state index in [9.17, 15) is 14.7 Å². The van der Waals surface area contributed by atoms with Crippen LogP contribution in [0.25, 0.3) is 0 Å². The van der Waals surface area contributed by atoms with E-state index in [0.717, 1.165) is 31.2 Å². The molecule has 1 unspecified atom stereocenters. The molecular weight excluding hydrogens is 268 g/mol. The minimum Gasteiger partial charge on any atom is -0.480 e. The number of carbonyl (C=O) groups excluding carboxylic acids is 1. The molecule has 5 nitrogen and oxygen atoms in total. The lowest BCUT2D eigenvalue weighted by Crippen LogP contribution is -2.58. The van der Waals surface area contributed by atoms with Crippen LogP contribution < -0.4 is 10.2 Å². The second-order valence-corrected chi connectivity index (χ2v) is 5.97. The lowest BCUT2D eigenvalue weighted by atomic mass is 9.75. The minimum atomic E-state index is -0.958. The van der Waals surface area contributed by atoms with E-state index in [4.69, 9.17) is 0 Å². The molecule has 0 spiro atoms. The molecule has 2 amide bonds. The summed E-state index contributed by atoms with van der Waals surface area (Å²) in [5, 5.41) is 12.5. The molecule has 0 bridgehead atoms. The van der Waals surface area contributed by atoms with E-state index in [2.05, 4.69) is 12.2 Å². The first-order valence-electron chi connectivity index (χ1n) is 7.48. The average molecular weight is 288 g/mol. The Morgan fingerprint density at radius 2 is 2.10 bits per heavy atom. The molecular formula is C16H20N2O3. The van der Waals surface area contributed by atoms with Crippen LogP contribution in [0.2, 0.25) is 0 Å². The monoisotopic (exact) mass is 288 g/mol. The van der Waals surface area contributed by atoms with Crippen molar-refractivity contribution in [2.24, 2.45) is 0 Å². The molecule has 1 aliphatic heterocycles. The second kappa shape index (κ2) is 5.06. The number of hydrogen-bond acceptors (Lipinski definition) is 2. The average Bonchev–Trinajstić information content (AvgIpc) is 2.82. The summed E-state index contributed by atoms with van der Waals surface area (Å²) < 4.78 is 0. The van der Waals surface area contributed by atoms with Gasteiger partial charge in [-0.05, 0) is 37.3 Å². The van der Waals surface area contributed by atoms with Gasteiger partial charge in [0.15, 0.2) is 0 Å². The Morgan fingerprint density at radius 3 is 2.67 bits per heavy atom. The SMILES string of the molecule is CCC1(NC(=O)N2c3ccccc3CC2C(=O)O)CCC1. The summed E-state index contributed by atoms with van der Waals surface area (Å²) in [4.78, 5) is 25.5. The highest BCUT2D eigenvalue weighted by atomic mass is 16.4. The number of benzene rings is 1. The number of para-hydroxylation sites is 1. The molecule has 2 N–H and O–H groups in total. The third-order valence-electron chi connectivity index (χ3n) is 4.84. The maximum atomic E-state index is 12.6. The maximum Gasteiger partial charge on any atom is 0.327 e. The van der Waals surface area contributed by atoms with Gasteiger partial charge in [0.1, 0.15) is 6.04 Å². The third kappa shape index (κ3) is 2.26. The van der Waals surface area contributed by atoms with Crippen LogP contribution in [-0.2, 0) is 11.2 Å². The van der Waals surface area contributed by atoms with Gasteiger partial charge >= 0.3 is 12.0 Å². The first-order valence-corrected chi connectivity index (χ1v) is 7.48. The van der Waals surface area contributed by atoms with Gasteiger partial charge in [0.05, 0.1) is 0 Å². The molecule has 112 valence electrons. The number of carboxylic acid groups (broad SMARTS) is 1. The molecule has 3 rings (SSSR count). The van der Waals surface area contributed by atoms with E-state index in [1.807, 2.05) is 24.3 Å². The van der Waals surface area contributed by atoms with Crippen molar-refractivity contribution in [3.63, 3.8) is 0 Å². The van der Waals surface area contributed by atoms with E-state index in [0.29, 0.717) is 12.1 Å². The molecule has 1 aromatic carbocycles. The number of rotatable bonds is 3. The van der Waals surface area contributed by atoms with Crippen LogP contribution in [0.5, 0.6) is 0 Å². The van der Waals surface area contributed by atoms with Gasteiger partial charge in [-0.1, -0.05) is 25.1 Å². The van der Waals surface area contributed by atoms with Gasteiger partial charge in [-0.2, -0.15) is 0 Å². The van der Waals surface area contributed by atoms with Gasteiger partial charge in [0, 0.05) is 17.6 Å². The second-order valence-electron chi connectivity index (χ2n) is 5.97. The molecule has 1 saturated carbocycles. The van der Waals surface area contributed by atoms with Crippen LogP contribution in [0.1, 0.15) is 38.2 Å². The van der Waals surface area contributed by atoms with E-state index in [1.165, 1.54) is 4.90 Å². The lowest BCUT2D eigenvalue weighted by Gasteiger charge is -2.43. The van der Waals surface area contributed by atoms with Gasteiger partial charge in [0.2, 0.25) is 0 Å². The Bertz CT molecular complexity index is 575. The number of nitrogens with one attached hydrogen (secondary N) is 1. The van der Waals surface area contributed by atoms with Crippen LogP contribution in [0, 0.1) is 0 Å². The quantitative estimate of drug-likeness (QED) is 0.898. The number of amides is 2.